The summed E-state index contributed by atoms with van der Waals surface area (Å²) in [5.41, 5.74) is 0.569. The summed E-state index contributed by atoms with van der Waals surface area (Å²) in [7, 11) is 1.64. The Kier molecular flexibility index (Phi) is 7.33. The third-order valence-corrected chi connectivity index (χ3v) is 4.35. The number of carbonyl (C=O) groups excluding carboxylic acids is 2. The number of ether oxygens (including phenoxy) is 2. The summed E-state index contributed by atoms with van der Waals surface area (Å²) < 4.78 is 10.7. The van der Waals surface area contributed by atoms with Gasteiger partial charge in [-0.1, -0.05) is 18.2 Å². The highest BCUT2D eigenvalue weighted by Crippen LogP contribution is 2.17. The van der Waals surface area contributed by atoms with Gasteiger partial charge in [-0.25, -0.2) is 9.59 Å². The van der Waals surface area contributed by atoms with Crippen LogP contribution in [0.3, 0.4) is 0 Å². The van der Waals surface area contributed by atoms with E-state index in [1.165, 1.54) is 0 Å². The molecule has 0 aromatic heterocycles. The molecule has 2 rings (SSSR count). The Bertz CT molecular complexity index is 634. The highest BCUT2D eigenvalue weighted by atomic mass is 16.6. The van der Waals surface area contributed by atoms with Crippen molar-refractivity contribution in [3.8, 4) is 5.75 Å². The Hall–Kier alpha value is -2.44. The van der Waals surface area contributed by atoms with Gasteiger partial charge in [0.2, 0.25) is 0 Å². The molecule has 1 saturated heterocycles. The first-order valence-corrected chi connectivity index (χ1v) is 9.42. The molecule has 0 aliphatic carbocycles. The van der Waals surface area contributed by atoms with Crippen LogP contribution in [0.25, 0.3) is 0 Å². The first kappa shape index (κ1) is 20.9. The molecule has 7 nitrogen and oxygen atoms in total. The van der Waals surface area contributed by atoms with Crippen LogP contribution in [0.1, 0.15) is 39.2 Å². The van der Waals surface area contributed by atoms with Crippen molar-refractivity contribution in [2.75, 3.05) is 26.7 Å². The second-order valence-corrected chi connectivity index (χ2v) is 7.70. The highest BCUT2D eigenvalue weighted by Gasteiger charge is 2.27. The molecule has 1 fully saturated rings. The molecule has 2 N–H and O–H groups in total. The van der Waals surface area contributed by atoms with Crippen molar-refractivity contribution in [3.63, 3.8) is 0 Å². The minimum atomic E-state index is -0.493. The van der Waals surface area contributed by atoms with Crippen LogP contribution < -0.4 is 15.4 Å². The fraction of sp³-hybridized carbons (Fsp3) is 0.600. The van der Waals surface area contributed by atoms with Crippen LogP contribution in [0.2, 0.25) is 0 Å². The van der Waals surface area contributed by atoms with Gasteiger partial charge in [0.05, 0.1) is 7.11 Å². The lowest BCUT2D eigenvalue weighted by atomic mass is 10.1. The second-order valence-electron chi connectivity index (χ2n) is 7.70. The van der Waals surface area contributed by atoms with Gasteiger partial charge in [-0.2, -0.15) is 0 Å². The molecule has 1 heterocycles. The molecule has 1 aliphatic heterocycles. The van der Waals surface area contributed by atoms with Gasteiger partial charge >= 0.3 is 12.1 Å². The molecule has 0 unspecified atom stereocenters. The predicted octanol–water partition coefficient (Wildman–Crippen LogP) is 2.94. The van der Waals surface area contributed by atoms with Crippen molar-refractivity contribution < 1.29 is 19.1 Å². The standard InChI is InChI=1S/C20H31N3O4/c1-20(2,3)27-19(25)23-13-10-16(11-14-23)22-18(24)21-12-9-15-7-5-6-8-17(15)26-4/h5-8,16H,9-14H2,1-4H3,(H2,21,22,24). The smallest absolute Gasteiger partial charge is 0.410 e. The molecule has 0 saturated carbocycles. The average Bonchev–Trinajstić information content (AvgIpc) is 2.61. The fourth-order valence-electron chi connectivity index (χ4n) is 2.99. The number of nitrogens with zero attached hydrogens (tertiary/aromatic N) is 1. The maximum Gasteiger partial charge on any atom is 0.410 e. The van der Waals surface area contributed by atoms with E-state index in [-0.39, 0.29) is 18.2 Å². The molecule has 1 aromatic carbocycles. The van der Waals surface area contributed by atoms with Crippen molar-refractivity contribution in [3.05, 3.63) is 29.8 Å². The number of amides is 3. The lowest BCUT2D eigenvalue weighted by Gasteiger charge is -2.33. The van der Waals surface area contributed by atoms with Crippen LogP contribution in [0.4, 0.5) is 9.59 Å². The molecule has 27 heavy (non-hydrogen) atoms. The number of benzene rings is 1. The molecular weight excluding hydrogens is 346 g/mol. The lowest BCUT2D eigenvalue weighted by molar-refractivity contribution is 0.0201. The number of piperidine rings is 1. The lowest BCUT2D eigenvalue weighted by Crippen LogP contribution is -2.50. The van der Waals surface area contributed by atoms with Crippen LogP contribution in [-0.2, 0) is 11.2 Å². The van der Waals surface area contributed by atoms with E-state index in [1.807, 2.05) is 45.0 Å². The summed E-state index contributed by atoms with van der Waals surface area (Å²) in [5, 5.41) is 5.87. The zero-order valence-corrected chi connectivity index (χ0v) is 16.7. The summed E-state index contributed by atoms with van der Waals surface area (Å²) in [4.78, 5) is 25.9. The number of nitrogens with one attached hydrogen (secondary N) is 2. The Balaban J connectivity index is 1.68. The van der Waals surface area contributed by atoms with Gasteiger partial charge in [0.15, 0.2) is 0 Å². The summed E-state index contributed by atoms with van der Waals surface area (Å²) in [6, 6.07) is 7.66. The van der Waals surface area contributed by atoms with Crippen molar-refractivity contribution >= 4 is 12.1 Å². The number of para-hydroxylation sites is 1. The largest absolute Gasteiger partial charge is 0.496 e. The van der Waals surface area contributed by atoms with Gasteiger partial charge < -0.3 is 25.0 Å². The Labute approximate surface area is 161 Å². The van der Waals surface area contributed by atoms with Gasteiger partial charge in [0.25, 0.3) is 0 Å². The maximum absolute atomic E-state index is 12.1. The van der Waals surface area contributed by atoms with Crippen molar-refractivity contribution in [1.29, 1.82) is 0 Å². The molecule has 150 valence electrons. The zero-order valence-electron chi connectivity index (χ0n) is 16.7. The van der Waals surface area contributed by atoms with E-state index in [9.17, 15) is 9.59 Å². The maximum atomic E-state index is 12.1. The quantitative estimate of drug-likeness (QED) is 0.827. The van der Waals surface area contributed by atoms with E-state index < -0.39 is 5.60 Å². The van der Waals surface area contributed by atoms with Crippen molar-refractivity contribution in [2.24, 2.45) is 0 Å². The third-order valence-electron chi connectivity index (χ3n) is 4.35. The van der Waals surface area contributed by atoms with Crippen LogP contribution in [-0.4, -0.2) is 55.4 Å². The number of hydrogen-bond acceptors (Lipinski definition) is 4. The van der Waals surface area contributed by atoms with Crippen molar-refractivity contribution in [2.45, 2.75) is 51.7 Å². The molecule has 0 spiro atoms. The summed E-state index contributed by atoms with van der Waals surface area (Å²) in [5.74, 6) is 0.828. The van der Waals surface area contributed by atoms with E-state index in [0.717, 1.165) is 24.2 Å². The van der Waals surface area contributed by atoms with E-state index in [1.54, 1.807) is 12.0 Å². The number of hydrogen-bond donors (Lipinski definition) is 2. The first-order chi connectivity index (χ1) is 12.8. The Morgan fingerprint density at radius 2 is 1.85 bits per heavy atom. The number of likely N-dealkylation sites (tertiary alicyclic amines) is 1. The van der Waals surface area contributed by atoms with Crippen molar-refractivity contribution in [1.82, 2.24) is 15.5 Å². The van der Waals surface area contributed by atoms with E-state index >= 15 is 0 Å². The van der Waals surface area contributed by atoms with Gasteiger partial charge in [0.1, 0.15) is 11.4 Å². The van der Waals surface area contributed by atoms with Gasteiger partial charge in [-0.15, -0.1) is 0 Å². The highest BCUT2D eigenvalue weighted by molar-refractivity contribution is 5.74. The molecule has 0 atom stereocenters. The number of carbonyl (C=O) groups is 2. The summed E-state index contributed by atoms with van der Waals surface area (Å²) >= 11 is 0. The molecular formula is C20H31N3O4. The molecule has 0 radical (unpaired) electrons. The number of methoxy groups -OCH3 is 1. The summed E-state index contributed by atoms with van der Waals surface area (Å²) in [6.45, 7) is 7.27. The predicted molar refractivity (Wildman–Crippen MR) is 104 cm³/mol. The first-order valence-electron chi connectivity index (χ1n) is 9.42. The van der Waals surface area contributed by atoms with Crippen LogP contribution in [0, 0.1) is 0 Å². The van der Waals surface area contributed by atoms with E-state index in [2.05, 4.69) is 10.6 Å². The summed E-state index contributed by atoms with van der Waals surface area (Å²) in [6.07, 6.45) is 1.86. The van der Waals surface area contributed by atoms with Gasteiger partial charge in [0, 0.05) is 25.7 Å². The van der Waals surface area contributed by atoms with Crippen LogP contribution in [0.5, 0.6) is 5.75 Å². The topological polar surface area (TPSA) is 79.9 Å². The second kappa shape index (κ2) is 9.48. The number of urea groups is 1. The van der Waals surface area contributed by atoms with E-state index in [0.29, 0.717) is 26.1 Å². The normalized spacial score (nSPS) is 15.2. The third kappa shape index (κ3) is 7.00. The Morgan fingerprint density at radius 3 is 2.48 bits per heavy atom. The number of rotatable bonds is 5. The average molecular weight is 377 g/mol. The molecule has 1 aromatic rings. The van der Waals surface area contributed by atoms with Crippen LogP contribution in [0.15, 0.2) is 24.3 Å². The van der Waals surface area contributed by atoms with E-state index in [4.69, 9.17) is 9.47 Å². The van der Waals surface area contributed by atoms with Crippen LogP contribution >= 0.6 is 0 Å². The van der Waals surface area contributed by atoms with Gasteiger partial charge in [-0.3, -0.25) is 0 Å². The molecule has 7 heteroatoms. The zero-order chi connectivity index (χ0) is 19.9. The SMILES string of the molecule is COc1ccccc1CCNC(=O)NC1CCN(C(=O)OC(C)(C)C)CC1. The monoisotopic (exact) mass is 377 g/mol. The molecule has 0 bridgehead atoms. The fourth-order valence-corrected chi connectivity index (χ4v) is 2.99. The van der Waals surface area contributed by atoms with Gasteiger partial charge in [-0.05, 0) is 51.7 Å². The molecule has 1 aliphatic rings. The molecule has 3 amide bonds. The Morgan fingerprint density at radius 1 is 1.19 bits per heavy atom. The minimum absolute atomic E-state index is 0.0648. The minimum Gasteiger partial charge on any atom is -0.496 e.